The first-order valence-corrected chi connectivity index (χ1v) is 10.6. The van der Waals surface area contributed by atoms with Gasteiger partial charge in [-0.2, -0.15) is 5.10 Å². The van der Waals surface area contributed by atoms with E-state index in [9.17, 15) is 9.59 Å². The minimum Gasteiger partial charge on any atom is -0.488 e. The summed E-state index contributed by atoms with van der Waals surface area (Å²) in [6.45, 7) is 0.204. The van der Waals surface area contributed by atoms with Gasteiger partial charge in [0.25, 0.3) is 0 Å². The van der Waals surface area contributed by atoms with Crippen molar-refractivity contribution in [2.75, 3.05) is 5.32 Å². The summed E-state index contributed by atoms with van der Waals surface area (Å²) in [5.74, 6) is -1.43. The van der Waals surface area contributed by atoms with Crippen LogP contribution < -0.4 is 15.5 Å². The van der Waals surface area contributed by atoms with Gasteiger partial charge < -0.3 is 10.1 Å². The summed E-state index contributed by atoms with van der Waals surface area (Å²) in [6.07, 6.45) is 1.36. The number of ether oxygens (including phenoxy) is 1. The number of para-hydroxylation sites is 1. The number of hydrogen-bond acceptors (Lipinski definition) is 4. The molecule has 3 aromatic rings. The van der Waals surface area contributed by atoms with Crippen molar-refractivity contribution >= 4 is 70.1 Å². The van der Waals surface area contributed by atoms with Crippen LogP contribution >= 0.6 is 46.4 Å². The van der Waals surface area contributed by atoms with Gasteiger partial charge in [-0.15, -0.1) is 0 Å². The molecule has 3 rings (SSSR count). The van der Waals surface area contributed by atoms with Crippen molar-refractivity contribution in [2.45, 2.75) is 6.61 Å². The van der Waals surface area contributed by atoms with Crippen LogP contribution in [0.1, 0.15) is 11.1 Å². The molecule has 0 spiro atoms. The van der Waals surface area contributed by atoms with Crippen molar-refractivity contribution in [1.29, 1.82) is 0 Å². The number of halogens is 4. The van der Waals surface area contributed by atoms with E-state index in [-0.39, 0.29) is 22.3 Å². The number of amides is 2. The fourth-order valence-corrected chi connectivity index (χ4v) is 3.31. The summed E-state index contributed by atoms with van der Waals surface area (Å²) in [5.41, 5.74) is 3.70. The molecule has 0 saturated carbocycles. The number of hydrazone groups is 1. The average molecular weight is 511 g/mol. The van der Waals surface area contributed by atoms with Crippen LogP contribution in [0, 0.1) is 0 Å². The zero-order valence-corrected chi connectivity index (χ0v) is 19.3. The lowest BCUT2D eigenvalue weighted by Crippen LogP contribution is -2.32. The van der Waals surface area contributed by atoms with Crippen LogP contribution in [0.2, 0.25) is 20.1 Å². The summed E-state index contributed by atoms with van der Waals surface area (Å²) in [4.78, 5) is 24.1. The fraction of sp³-hybridized carbons (Fsp3) is 0.0455. The standard InChI is InChI=1S/C22H15Cl4N3O3/c23-15-9-8-14(17(25)10-15)12-32-19-7-2-1-4-13(19)11-27-29-22(31)21(30)28-18-6-3-5-16(24)20(18)26/h1-11H,12H2,(H,28,30)(H,29,31)/b27-11-. The molecule has 0 aliphatic carbocycles. The zero-order chi connectivity index (χ0) is 23.1. The van der Waals surface area contributed by atoms with Gasteiger partial charge in [-0.3, -0.25) is 9.59 Å². The normalized spacial score (nSPS) is 10.8. The molecular weight excluding hydrogens is 496 g/mol. The lowest BCUT2D eigenvalue weighted by Gasteiger charge is -2.10. The highest BCUT2D eigenvalue weighted by Gasteiger charge is 2.15. The number of benzene rings is 3. The second-order valence-electron chi connectivity index (χ2n) is 6.32. The van der Waals surface area contributed by atoms with Gasteiger partial charge in [-0.25, -0.2) is 5.43 Å². The predicted molar refractivity (Wildman–Crippen MR) is 128 cm³/mol. The molecule has 2 N–H and O–H groups in total. The summed E-state index contributed by atoms with van der Waals surface area (Å²) >= 11 is 24.0. The van der Waals surface area contributed by atoms with E-state index >= 15 is 0 Å². The molecule has 3 aromatic carbocycles. The van der Waals surface area contributed by atoms with E-state index in [0.29, 0.717) is 21.4 Å². The van der Waals surface area contributed by atoms with Crippen LogP contribution in [-0.4, -0.2) is 18.0 Å². The average Bonchev–Trinajstić information content (AvgIpc) is 2.77. The predicted octanol–water partition coefficient (Wildman–Crippen LogP) is 5.97. The van der Waals surface area contributed by atoms with Crippen LogP contribution in [0.5, 0.6) is 5.75 Å². The Morgan fingerprint density at radius 2 is 1.69 bits per heavy atom. The molecule has 0 heterocycles. The summed E-state index contributed by atoms with van der Waals surface area (Å²) in [6, 6.07) is 16.8. The molecule has 0 aromatic heterocycles. The molecule has 6 nitrogen and oxygen atoms in total. The van der Waals surface area contributed by atoms with Crippen LogP contribution in [0.4, 0.5) is 5.69 Å². The van der Waals surface area contributed by atoms with Gasteiger partial charge in [0.05, 0.1) is 21.9 Å². The van der Waals surface area contributed by atoms with Crippen molar-refractivity contribution < 1.29 is 14.3 Å². The molecule has 0 aliphatic heterocycles. The molecular formula is C22H15Cl4N3O3. The molecule has 0 bridgehead atoms. The van der Waals surface area contributed by atoms with Crippen LogP contribution in [0.3, 0.4) is 0 Å². The van der Waals surface area contributed by atoms with Gasteiger partial charge in [0.2, 0.25) is 0 Å². The largest absolute Gasteiger partial charge is 0.488 e. The number of rotatable bonds is 6. The molecule has 0 atom stereocenters. The Bertz CT molecular complexity index is 1180. The van der Waals surface area contributed by atoms with Crippen LogP contribution in [0.25, 0.3) is 0 Å². The molecule has 0 fully saturated rings. The maximum Gasteiger partial charge on any atom is 0.329 e. The van der Waals surface area contributed by atoms with Crippen molar-refractivity contribution in [2.24, 2.45) is 5.10 Å². The van der Waals surface area contributed by atoms with E-state index in [1.165, 1.54) is 12.3 Å². The number of carbonyl (C=O) groups is 2. The number of nitrogens with one attached hydrogen (secondary N) is 2. The molecule has 2 amide bonds. The van der Waals surface area contributed by atoms with Crippen molar-refractivity contribution in [3.8, 4) is 5.75 Å². The Labute approximate surface area is 204 Å². The highest BCUT2D eigenvalue weighted by Crippen LogP contribution is 2.29. The van der Waals surface area contributed by atoms with Gasteiger partial charge >= 0.3 is 11.8 Å². The first-order chi connectivity index (χ1) is 15.3. The van der Waals surface area contributed by atoms with Gasteiger partial charge in [0.15, 0.2) is 0 Å². The molecule has 32 heavy (non-hydrogen) atoms. The van der Waals surface area contributed by atoms with Crippen LogP contribution in [0.15, 0.2) is 65.8 Å². The third kappa shape index (κ3) is 6.37. The highest BCUT2D eigenvalue weighted by molar-refractivity contribution is 6.45. The zero-order valence-electron chi connectivity index (χ0n) is 16.2. The van der Waals surface area contributed by atoms with E-state index in [2.05, 4.69) is 15.8 Å². The van der Waals surface area contributed by atoms with Crippen molar-refractivity contribution in [3.05, 3.63) is 91.9 Å². The van der Waals surface area contributed by atoms with Crippen molar-refractivity contribution in [3.63, 3.8) is 0 Å². The molecule has 0 unspecified atom stereocenters. The summed E-state index contributed by atoms with van der Waals surface area (Å²) in [5, 5.41) is 7.59. The third-order valence-corrected chi connectivity index (χ3v) is 5.50. The van der Waals surface area contributed by atoms with E-state index in [0.717, 1.165) is 5.56 Å². The third-order valence-electron chi connectivity index (χ3n) is 4.09. The smallest absolute Gasteiger partial charge is 0.329 e. The minimum atomic E-state index is -0.983. The lowest BCUT2D eigenvalue weighted by atomic mass is 10.2. The quantitative estimate of drug-likeness (QED) is 0.243. The van der Waals surface area contributed by atoms with E-state index in [1.54, 1.807) is 54.6 Å². The van der Waals surface area contributed by atoms with Gasteiger partial charge in [0, 0.05) is 21.2 Å². The summed E-state index contributed by atoms with van der Waals surface area (Å²) in [7, 11) is 0. The number of carbonyl (C=O) groups excluding carboxylic acids is 2. The number of hydrogen-bond donors (Lipinski definition) is 2. The van der Waals surface area contributed by atoms with Gasteiger partial charge in [-0.05, 0) is 36.4 Å². The maximum absolute atomic E-state index is 12.1. The first-order valence-electron chi connectivity index (χ1n) is 9.09. The Kier molecular flexibility index (Phi) is 8.36. The number of anilines is 1. The lowest BCUT2D eigenvalue weighted by molar-refractivity contribution is -0.136. The van der Waals surface area contributed by atoms with Crippen LogP contribution in [-0.2, 0) is 16.2 Å². The summed E-state index contributed by atoms with van der Waals surface area (Å²) < 4.78 is 5.81. The SMILES string of the molecule is O=C(N/N=C\c1ccccc1OCc1ccc(Cl)cc1Cl)C(=O)Nc1cccc(Cl)c1Cl. The first kappa shape index (κ1) is 23.9. The molecule has 164 valence electrons. The topological polar surface area (TPSA) is 79.8 Å². The van der Waals surface area contributed by atoms with E-state index in [4.69, 9.17) is 51.1 Å². The Hall–Kier alpha value is -2.77. The van der Waals surface area contributed by atoms with Crippen molar-refractivity contribution in [1.82, 2.24) is 5.43 Å². The fourth-order valence-electron chi connectivity index (χ4n) is 2.50. The molecule has 10 heteroatoms. The highest BCUT2D eigenvalue weighted by atomic mass is 35.5. The monoisotopic (exact) mass is 509 g/mol. The van der Waals surface area contributed by atoms with E-state index < -0.39 is 11.8 Å². The van der Waals surface area contributed by atoms with E-state index in [1.807, 2.05) is 0 Å². The minimum absolute atomic E-state index is 0.130. The number of nitrogens with zero attached hydrogens (tertiary/aromatic N) is 1. The molecule has 0 aliphatic rings. The van der Waals surface area contributed by atoms with Gasteiger partial charge in [-0.1, -0.05) is 70.7 Å². The second kappa shape index (κ2) is 11.2. The van der Waals surface area contributed by atoms with Gasteiger partial charge in [0.1, 0.15) is 12.4 Å². The Morgan fingerprint density at radius 3 is 2.47 bits per heavy atom. The Morgan fingerprint density at radius 1 is 0.906 bits per heavy atom. The Balaban J connectivity index is 1.61. The molecule has 0 radical (unpaired) electrons. The second-order valence-corrected chi connectivity index (χ2v) is 7.95. The molecule has 0 saturated heterocycles. The maximum atomic E-state index is 12.1.